The molecule has 0 fully saturated rings. The molecule has 0 amide bonds. The van der Waals surface area contributed by atoms with Crippen LogP contribution in [0.15, 0.2) is 24.3 Å². The molecule has 0 unspecified atom stereocenters. The van der Waals surface area contributed by atoms with Crippen molar-refractivity contribution in [3.63, 3.8) is 0 Å². The Morgan fingerprint density at radius 2 is 1.71 bits per heavy atom. The van der Waals surface area contributed by atoms with Crippen molar-refractivity contribution in [1.82, 2.24) is 0 Å². The molecule has 0 heterocycles. The molecular weight excluding hydrogens is 208 g/mol. The van der Waals surface area contributed by atoms with Crippen LogP contribution in [0.2, 0.25) is 0 Å². The number of rotatable bonds is 8. The Bertz CT molecular complexity index is 310. The van der Waals surface area contributed by atoms with Crippen LogP contribution in [-0.2, 0) is 0 Å². The van der Waals surface area contributed by atoms with Crippen LogP contribution in [0.1, 0.15) is 46.0 Å². The van der Waals surface area contributed by atoms with E-state index in [1.165, 1.54) is 37.8 Å². The summed E-state index contributed by atoms with van der Waals surface area (Å²) in [6, 6.07) is 8.15. The summed E-state index contributed by atoms with van der Waals surface area (Å²) in [5, 5.41) is 0. The van der Waals surface area contributed by atoms with Gasteiger partial charge in [0, 0.05) is 13.1 Å². The van der Waals surface area contributed by atoms with Crippen molar-refractivity contribution in [2.75, 3.05) is 23.7 Å². The van der Waals surface area contributed by atoms with Crippen LogP contribution in [0.3, 0.4) is 0 Å². The summed E-state index contributed by atoms with van der Waals surface area (Å²) in [4.78, 5) is 2.38. The van der Waals surface area contributed by atoms with Crippen LogP contribution < -0.4 is 10.6 Å². The molecule has 0 aliphatic rings. The zero-order chi connectivity index (χ0) is 12.5. The van der Waals surface area contributed by atoms with E-state index in [1.807, 2.05) is 12.1 Å². The minimum atomic E-state index is 0.892. The number of benzene rings is 1. The first kappa shape index (κ1) is 13.9. The molecule has 0 atom stereocenters. The molecule has 96 valence electrons. The highest BCUT2D eigenvalue weighted by Crippen LogP contribution is 2.22. The molecule has 2 nitrogen and oxygen atoms in total. The van der Waals surface area contributed by atoms with Crippen LogP contribution in [0, 0.1) is 0 Å². The number of nitrogen functional groups attached to an aromatic ring is 1. The molecule has 0 saturated heterocycles. The lowest BCUT2D eigenvalue weighted by atomic mass is 10.1. The van der Waals surface area contributed by atoms with Gasteiger partial charge >= 0.3 is 0 Å². The van der Waals surface area contributed by atoms with Crippen molar-refractivity contribution in [2.24, 2.45) is 0 Å². The first-order valence-electron chi connectivity index (χ1n) is 6.89. The van der Waals surface area contributed by atoms with Gasteiger partial charge in [-0.25, -0.2) is 0 Å². The Labute approximate surface area is 106 Å². The Morgan fingerprint density at radius 3 is 2.35 bits per heavy atom. The van der Waals surface area contributed by atoms with Crippen molar-refractivity contribution in [3.05, 3.63) is 24.3 Å². The smallest absolute Gasteiger partial charge is 0.0599 e. The lowest BCUT2D eigenvalue weighted by Crippen LogP contribution is -2.24. The van der Waals surface area contributed by atoms with E-state index in [2.05, 4.69) is 30.9 Å². The van der Waals surface area contributed by atoms with Gasteiger partial charge in [-0.2, -0.15) is 0 Å². The molecule has 17 heavy (non-hydrogen) atoms. The van der Waals surface area contributed by atoms with Gasteiger partial charge in [0.05, 0.1) is 11.4 Å². The summed E-state index contributed by atoms with van der Waals surface area (Å²) >= 11 is 0. The number of hydrogen-bond donors (Lipinski definition) is 1. The first-order chi connectivity index (χ1) is 8.29. The highest BCUT2D eigenvalue weighted by atomic mass is 15.1. The number of para-hydroxylation sites is 2. The summed E-state index contributed by atoms with van der Waals surface area (Å²) in [5.74, 6) is 0. The number of hydrogen-bond acceptors (Lipinski definition) is 2. The lowest BCUT2D eigenvalue weighted by molar-refractivity contribution is 0.622. The molecule has 0 saturated carbocycles. The number of unbranched alkanes of at least 4 members (excludes halogenated alkanes) is 4. The van der Waals surface area contributed by atoms with Gasteiger partial charge in [-0.05, 0) is 25.5 Å². The van der Waals surface area contributed by atoms with Crippen molar-refractivity contribution in [1.29, 1.82) is 0 Å². The third kappa shape index (κ3) is 4.68. The summed E-state index contributed by atoms with van der Waals surface area (Å²) in [7, 11) is 0. The van der Waals surface area contributed by atoms with Crippen molar-refractivity contribution in [3.8, 4) is 0 Å². The monoisotopic (exact) mass is 234 g/mol. The predicted octanol–water partition coefficient (Wildman–Crippen LogP) is 4.07. The van der Waals surface area contributed by atoms with Gasteiger partial charge in [-0.3, -0.25) is 0 Å². The molecule has 1 rings (SSSR count). The van der Waals surface area contributed by atoms with Crippen molar-refractivity contribution in [2.45, 2.75) is 46.0 Å². The molecule has 0 spiro atoms. The minimum absolute atomic E-state index is 0.892. The first-order valence-corrected chi connectivity index (χ1v) is 6.89. The van der Waals surface area contributed by atoms with E-state index >= 15 is 0 Å². The average molecular weight is 234 g/mol. The fraction of sp³-hybridized carbons (Fsp3) is 0.600. The van der Waals surface area contributed by atoms with Crippen LogP contribution in [0.25, 0.3) is 0 Å². The Balaban J connectivity index is 2.41. The second kappa shape index (κ2) is 7.99. The largest absolute Gasteiger partial charge is 0.397 e. The quantitative estimate of drug-likeness (QED) is 0.543. The normalized spacial score (nSPS) is 10.5. The van der Waals surface area contributed by atoms with Gasteiger partial charge in [0.2, 0.25) is 0 Å². The molecule has 0 aliphatic carbocycles. The maximum absolute atomic E-state index is 6.01. The average Bonchev–Trinajstić information content (AvgIpc) is 2.35. The van der Waals surface area contributed by atoms with E-state index in [0.29, 0.717) is 0 Å². The minimum Gasteiger partial charge on any atom is -0.397 e. The molecule has 2 heteroatoms. The number of nitrogens with two attached hydrogens (primary N) is 1. The third-order valence-corrected chi connectivity index (χ3v) is 3.19. The van der Waals surface area contributed by atoms with Crippen LogP contribution in [-0.4, -0.2) is 13.1 Å². The number of anilines is 2. The maximum atomic E-state index is 6.01. The standard InChI is InChI=1S/C15H26N2/c1-3-5-6-7-10-13-17(4-2)15-12-9-8-11-14(15)16/h8-9,11-12H,3-7,10,13,16H2,1-2H3. The van der Waals surface area contributed by atoms with Gasteiger partial charge in [-0.15, -0.1) is 0 Å². The fourth-order valence-corrected chi connectivity index (χ4v) is 2.13. The van der Waals surface area contributed by atoms with Gasteiger partial charge in [0.1, 0.15) is 0 Å². The van der Waals surface area contributed by atoms with Gasteiger partial charge in [0.25, 0.3) is 0 Å². The Kier molecular flexibility index (Phi) is 6.53. The molecule has 1 aromatic rings. The fourth-order valence-electron chi connectivity index (χ4n) is 2.13. The maximum Gasteiger partial charge on any atom is 0.0599 e. The van der Waals surface area contributed by atoms with Gasteiger partial charge in [0.15, 0.2) is 0 Å². The number of nitrogens with zero attached hydrogens (tertiary/aromatic N) is 1. The highest BCUT2D eigenvalue weighted by Gasteiger charge is 2.06. The van der Waals surface area contributed by atoms with E-state index in [0.717, 1.165) is 18.8 Å². The summed E-state index contributed by atoms with van der Waals surface area (Å²) in [6.07, 6.45) is 6.63. The molecule has 2 N–H and O–H groups in total. The van der Waals surface area contributed by atoms with Crippen LogP contribution in [0.5, 0.6) is 0 Å². The van der Waals surface area contributed by atoms with E-state index in [1.54, 1.807) is 0 Å². The molecule has 0 aromatic heterocycles. The van der Waals surface area contributed by atoms with E-state index in [-0.39, 0.29) is 0 Å². The van der Waals surface area contributed by atoms with E-state index < -0.39 is 0 Å². The molecule has 0 radical (unpaired) electrons. The molecule has 0 aliphatic heterocycles. The zero-order valence-electron chi connectivity index (χ0n) is 11.3. The van der Waals surface area contributed by atoms with E-state index in [4.69, 9.17) is 5.73 Å². The second-order valence-corrected chi connectivity index (χ2v) is 4.55. The van der Waals surface area contributed by atoms with Crippen LogP contribution >= 0.6 is 0 Å². The van der Waals surface area contributed by atoms with Gasteiger partial charge < -0.3 is 10.6 Å². The molecule has 0 bridgehead atoms. The summed E-state index contributed by atoms with van der Waals surface area (Å²) in [5.41, 5.74) is 8.08. The Hall–Kier alpha value is -1.18. The molecule has 1 aromatic carbocycles. The molecular formula is C15H26N2. The Morgan fingerprint density at radius 1 is 1.00 bits per heavy atom. The highest BCUT2D eigenvalue weighted by molar-refractivity contribution is 5.67. The zero-order valence-corrected chi connectivity index (χ0v) is 11.3. The SMILES string of the molecule is CCCCCCCN(CC)c1ccccc1N. The third-order valence-electron chi connectivity index (χ3n) is 3.19. The van der Waals surface area contributed by atoms with Gasteiger partial charge in [-0.1, -0.05) is 44.7 Å². The van der Waals surface area contributed by atoms with Crippen LogP contribution in [0.4, 0.5) is 11.4 Å². The van der Waals surface area contributed by atoms with E-state index in [9.17, 15) is 0 Å². The topological polar surface area (TPSA) is 29.3 Å². The lowest BCUT2D eigenvalue weighted by Gasteiger charge is -2.24. The summed E-state index contributed by atoms with van der Waals surface area (Å²) in [6.45, 7) is 6.60. The second-order valence-electron chi connectivity index (χ2n) is 4.55. The summed E-state index contributed by atoms with van der Waals surface area (Å²) < 4.78 is 0. The van der Waals surface area contributed by atoms with Crippen molar-refractivity contribution < 1.29 is 0 Å². The predicted molar refractivity (Wildman–Crippen MR) is 77.5 cm³/mol. The van der Waals surface area contributed by atoms with Crippen molar-refractivity contribution >= 4 is 11.4 Å².